The molecule has 9 nitrogen and oxygen atoms in total. The number of carbonyl (C=O) groups excluding carboxylic acids is 1. The van der Waals surface area contributed by atoms with Gasteiger partial charge in [-0.1, -0.05) is 0 Å². The van der Waals surface area contributed by atoms with Gasteiger partial charge in [0.15, 0.2) is 5.65 Å². The maximum absolute atomic E-state index is 13.0. The van der Waals surface area contributed by atoms with Crippen LogP contribution in [-0.2, 0) is 17.3 Å². The molecule has 0 spiro atoms. The highest BCUT2D eigenvalue weighted by Crippen LogP contribution is 2.21. The van der Waals surface area contributed by atoms with E-state index in [9.17, 15) is 13.2 Å². The average molecular weight is 392 g/mol. The number of imidazole rings is 1. The first kappa shape index (κ1) is 18.3. The van der Waals surface area contributed by atoms with Crippen molar-refractivity contribution < 1.29 is 13.2 Å². The number of pyridine rings is 1. The molecule has 0 radical (unpaired) electrons. The molecular weight excluding hydrogens is 368 g/mol. The van der Waals surface area contributed by atoms with Crippen LogP contribution in [0.5, 0.6) is 0 Å². The smallest absolute Gasteiger partial charge is 0.282 e. The first-order valence-electron chi connectivity index (χ1n) is 9.22. The number of amides is 1. The van der Waals surface area contributed by atoms with Gasteiger partial charge in [0.2, 0.25) is 0 Å². The lowest BCUT2D eigenvalue weighted by atomic mass is 10.2. The summed E-state index contributed by atoms with van der Waals surface area (Å²) in [5.41, 5.74) is 1.78. The van der Waals surface area contributed by atoms with Crippen LogP contribution in [0.2, 0.25) is 0 Å². The highest BCUT2D eigenvalue weighted by Gasteiger charge is 2.35. The fourth-order valence-corrected chi connectivity index (χ4v) is 5.41. The van der Waals surface area contributed by atoms with Crippen LogP contribution in [0.25, 0.3) is 11.2 Å². The monoisotopic (exact) mass is 392 g/mol. The number of rotatable bonds is 3. The Kier molecular flexibility index (Phi) is 4.65. The second-order valence-electron chi connectivity index (χ2n) is 7.05. The van der Waals surface area contributed by atoms with E-state index in [1.807, 2.05) is 18.5 Å². The predicted molar refractivity (Wildman–Crippen MR) is 100 cm³/mol. The van der Waals surface area contributed by atoms with Crippen molar-refractivity contribution in [3.63, 3.8) is 0 Å². The molecule has 10 heteroatoms. The molecule has 0 unspecified atom stereocenters. The summed E-state index contributed by atoms with van der Waals surface area (Å²) in [5.74, 6) is 0.665. The lowest BCUT2D eigenvalue weighted by Gasteiger charge is -2.35. The summed E-state index contributed by atoms with van der Waals surface area (Å²) in [5, 5.41) is 0. The maximum atomic E-state index is 13.0. The first-order chi connectivity index (χ1) is 12.9. The number of piperazine rings is 1. The Balaban J connectivity index is 1.50. The SMILES string of the molecule is Cc1nc2c(C(=O)N3CCN(S(=O)(=O)N4CCCC4)CC3)ccnc2n1C. The summed E-state index contributed by atoms with van der Waals surface area (Å²) >= 11 is 0. The van der Waals surface area contributed by atoms with Crippen LogP contribution in [-0.4, -0.2) is 81.6 Å². The van der Waals surface area contributed by atoms with Crippen LogP contribution in [0, 0.1) is 6.92 Å². The van der Waals surface area contributed by atoms with Crippen molar-refractivity contribution in [3.8, 4) is 0 Å². The fraction of sp³-hybridized carbons (Fsp3) is 0.588. The van der Waals surface area contributed by atoms with Gasteiger partial charge >= 0.3 is 0 Å². The highest BCUT2D eigenvalue weighted by atomic mass is 32.2. The molecular formula is C17H24N6O3S. The molecule has 0 atom stereocenters. The van der Waals surface area contributed by atoms with E-state index in [0.717, 1.165) is 18.7 Å². The topological polar surface area (TPSA) is 91.6 Å². The molecule has 0 N–H and O–H groups in total. The second kappa shape index (κ2) is 6.84. The van der Waals surface area contributed by atoms with Crippen molar-refractivity contribution in [2.75, 3.05) is 39.3 Å². The van der Waals surface area contributed by atoms with E-state index in [-0.39, 0.29) is 5.91 Å². The van der Waals surface area contributed by atoms with Crippen molar-refractivity contribution >= 4 is 27.3 Å². The second-order valence-corrected chi connectivity index (χ2v) is 8.98. The van der Waals surface area contributed by atoms with Crippen molar-refractivity contribution in [1.82, 2.24) is 28.0 Å². The largest absolute Gasteiger partial charge is 0.336 e. The van der Waals surface area contributed by atoms with E-state index in [4.69, 9.17) is 0 Å². The van der Waals surface area contributed by atoms with Crippen LogP contribution in [0.3, 0.4) is 0 Å². The third-order valence-corrected chi connectivity index (χ3v) is 7.49. The van der Waals surface area contributed by atoms with Gasteiger partial charge in [-0.05, 0) is 25.8 Å². The Morgan fingerprint density at radius 3 is 2.33 bits per heavy atom. The number of hydrogen-bond donors (Lipinski definition) is 0. The molecule has 0 bridgehead atoms. The van der Waals surface area contributed by atoms with Gasteiger partial charge in [0, 0.05) is 52.5 Å². The summed E-state index contributed by atoms with van der Waals surface area (Å²) < 4.78 is 30.3. The highest BCUT2D eigenvalue weighted by molar-refractivity contribution is 7.86. The summed E-state index contributed by atoms with van der Waals surface area (Å²) in [6, 6.07) is 1.68. The van der Waals surface area contributed by atoms with E-state index >= 15 is 0 Å². The summed E-state index contributed by atoms with van der Waals surface area (Å²) in [7, 11) is -1.54. The van der Waals surface area contributed by atoms with E-state index < -0.39 is 10.2 Å². The molecule has 2 aliphatic heterocycles. The molecule has 2 saturated heterocycles. The van der Waals surface area contributed by atoms with Crippen molar-refractivity contribution in [3.05, 3.63) is 23.7 Å². The van der Waals surface area contributed by atoms with Crippen LogP contribution < -0.4 is 0 Å². The van der Waals surface area contributed by atoms with E-state index in [2.05, 4.69) is 9.97 Å². The first-order valence-corrected chi connectivity index (χ1v) is 10.6. The van der Waals surface area contributed by atoms with Crippen molar-refractivity contribution in [1.29, 1.82) is 0 Å². The molecule has 4 heterocycles. The molecule has 2 aromatic rings. The normalized spacial score (nSPS) is 19.9. The van der Waals surface area contributed by atoms with Crippen LogP contribution in [0.1, 0.15) is 29.0 Å². The minimum absolute atomic E-state index is 0.126. The summed E-state index contributed by atoms with van der Waals surface area (Å²) in [4.78, 5) is 23.5. The maximum Gasteiger partial charge on any atom is 0.282 e. The lowest BCUT2D eigenvalue weighted by molar-refractivity contribution is 0.0696. The zero-order valence-electron chi connectivity index (χ0n) is 15.6. The van der Waals surface area contributed by atoms with Gasteiger partial charge in [-0.3, -0.25) is 4.79 Å². The van der Waals surface area contributed by atoms with Crippen molar-refractivity contribution in [2.45, 2.75) is 19.8 Å². The number of fused-ring (bicyclic) bond motifs is 1. The van der Waals surface area contributed by atoms with Gasteiger partial charge in [0.05, 0.1) is 5.56 Å². The van der Waals surface area contributed by atoms with Crippen LogP contribution >= 0.6 is 0 Å². The molecule has 0 aliphatic carbocycles. The number of carbonyl (C=O) groups is 1. The van der Waals surface area contributed by atoms with E-state index in [1.165, 1.54) is 4.31 Å². The molecule has 2 fully saturated rings. The van der Waals surface area contributed by atoms with Gasteiger partial charge in [0.25, 0.3) is 16.1 Å². The number of nitrogens with zero attached hydrogens (tertiary/aromatic N) is 6. The standard InChI is InChI=1S/C17H24N6O3S/c1-13-19-15-14(5-6-18-16(15)20(13)2)17(24)21-9-11-23(12-10-21)27(25,26)22-7-3-4-8-22/h5-6H,3-4,7-12H2,1-2H3. The molecule has 2 aliphatic rings. The van der Waals surface area contributed by atoms with Gasteiger partial charge in [-0.15, -0.1) is 0 Å². The van der Waals surface area contributed by atoms with Crippen LogP contribution in [0.4, 0.5) is 0 Å². The minimum Gasteiger partial charge on any atom is -0.336 e. The summed E-state index contributed by atoms with van der Waals surface area (Å²) in [6.45, 7) is 4.45. The Morgan fingerprint density at radius 2 is 1.67 bits per heavy atom. The molecule has 146 valence electrons. The van der Waals surface area contributed by atoms with Gasteiger partial charge in [-0.25, -0.2) is 9.97 Å². The molecule has 27 heavy (non-hydrogen) atoms. The van der Waals surface area contributed by atoms with Crippen LogP contribution in [0.15, 0.2) is 12.3 Å². The summed E-state index contributed by atoms with van der Waals surface area (Å²) in [6.07, 6.45) is 3.45. The molecule has 1 amide bonds. The van der Waals surface area contributed by atoms with Gasteiger partial charge < -0.3 is 9.47 Å². The fourth-order valence-electron chi connectivity index (χ4n) is 3.74. The average Bonchev–Trinajstić information content (AvgIpc) is 3.31. The molecule has 0 saturated carbocycles. The number of hydrogen-bond acceptors (Lipinski definition) is 5. The lowest BCUT2D eigenvalue weighted by Crippen LogP contribution is -2.53. The van der Waals surface area contributed by atoms with E-state index in [0.29, 0.717) is 56.0 Å². The zero-order valence-corrected chi connectivity index (χ0v) is 16.4. The Morgan fingerprint density at radius 1 is 1.04 bits per heavy atom. The van der Waals surface area contributed by atoms with Crippen molar-refractivity contribution in [2.24, 2.45) is 7.05 Å². The third kappa shape index (κ3) is 3.11. The molecule has 4 rings (SSSR count). The Labute approximate surface area is 158 Å². The zero-order chi connectivity index (χ0) is 19.2. The number of aryl methyl sites for hydroxylation is 2. The molecule has 2 aromatic heterocycles. The minimum atomic E-state index is -3.41. The Hall–Kier alpha value is -2.04. The Bertz CT molecular complexity index is 972. The molecule has 0 aromatic carbocycles. The quantitative estimate of drug-likeness (QED) is 0.753. The number of aromatic nitrogens is 3. The predicted octanol–water partition coefficient (Wildman–Crippen LogP) is 0.375. The third-order valence-electron chi connectivity index (χ3n) is 5.46. The van der Waals surface area contributed by atoms with Gasteiger partial charge in [0.1, 0.15) is 11.3 Å². The van der Waals surface area contributed by atoms with E-state index in [1.54, 1.807) is 21.5 Å². The van der Waals surface area contributed by atoms with Gasteiger partial charge in [-0.2, -0.15) is 17.0 Å².